The van der Waals surface area contributed by atoms with Gasteiger partial charge in [0.15, 0.2) is 5.54 Å². The maximum atomic E-state index is 13.8. The van der Waals surface area contributed by atoms with Crippen LogP contribution in [0.15, 0.2) is 83.9 Å². The molecule has 37 heavy (non-hydrogen) atoms. The number of carbonyl (C=O) groups is 1. The molecule has 3 aromatic carbocycles. The van der Waals surface area contributed by atoms with Gasteiger partial charge in [-0.3, -0.25) is 10.2 Å². The molecule has 192 valence electrons. The fourth-order valence-electron chi connectivity index (χ4n) is 4.99. The van der Waals surface area contributed by atoms with Crippen molar-refractivity contribution in [2.24, 2.45) is 4.99 Å². The van der Waals surface area contributed by atoms with Gasteiger partial charge in [-0.2, -0.15) is 0 Å². The Hall–Kier alpha value is -3.68. The fourth-order valence-corrected chi connectivity index (χ4v) is 4.99. The van der Waals surface area contributed by atoms with E-state index in [1.165, 1.54) is 11.1 Å². The van der Waals surface area contributed by atoms with Crippen molar-refractivity contribution in [1.29, 1.82) is 0 Å². The number of hydrogen-bond donors (Lipinski definition) is 3. The first-order valence-electron chi connectivity index (χ1n) is 12.8. The number of carbonyl (C=O) groups excluding carboxylic acids is 1. The van der Waals surface area contributed by atoms with E-state index < -0.39 is 11.6 Å². The minimum absolute atomic E-state index is 0.0920. The third-order valence-electron chi connectivity index (χ3n) is 7.08. The molecule has 0 bridgehead atoms. The summed E-state index contributed by atoms with van der Waals surface area (Å²) in [5.41, 5.74) is 9.55. The van der Waals surface area contributed by atoms with Crippen molar-refractivity contribution in [1.82, 2.24) is 10.9 Å². The van der Waals surface area contributed by atoms with Crippen LogP contribution >= 0.6 is 0 Å². The smallest absolute Gasteiger partial charge is 0.266 e. The number of aliphatic hydroxyl groups excluding tert-OH is 1. The molecule has 0 saturated carbocycles. The van der Waals surface area contributed by atoms with Gasteiger partial charge in [0.2, 0.25) is 5.90 Å². The third kappa shape index (κ3) is 5.53. The average Bonchev–Trinajstić information content (AvgIpc) is 3.49. The molecule has 2 aliphatic rings. The molecule has 7 heteroatoms. The van der Waals surface area contributed by atoms with Crippen molar-refractivity contribution in [3.8, 4) is 5.75 Å². The van der Waals surface area contributed by atoms with E-state index in [2.05, 4.69) is 35.1 Å². The lowest BCUT2D eigenvalue weighted by Gasteiger charge is -2.29. The highest BCUT2D eigenvalue weighted by Gasteiger charge is 2.50. The van der Waals surface area contributed by atoms with Gasteiger partial charge in [0.1, 0.15) is 11.9 Å². The number of nitrogens with zero attached hydrogens (tertiary/aromatic N) is 1. The summed E-state index contributed by atoms with van der Waals surface area (Å²) in [6, 6.07) is 25.9. The number of ether oxygens (including phenoxy) is 2. The zero-order valence-electron chi connectivity index (χ0n) is 21.0. The summed E-state index contributed by atoms with van der Waals surface area (Å²) in [5.74, 6) is 0.937. The maximum absolute atomic E-state index is 13.8. The molecule has 0 spiro atoms. The highest BCUT2D eigenvalue weighted by Crippen LogP contribution is 2.33. The predicted molar refractivity (Wildman–Crippen MR) is 143 cm³/mol. The van der Waals surface area contributed by atoms with Crippen molar-refractivity contribution in [3.63, 3.8) is 0 Å². The molecular weight excluding hydrogens is 466 g/mol. The van der Waals surface area contributed by atoms with Gasteiger partial charge in [-0.15, -0.1) is 0 Å². The molecule has 1 aliphatic heterocycles. The van der Waals surface area contributed by atoms with Gasteiger partial charge in [-0.05, 0) is 60.7 Å². The summed E-state index contributed by atoms with van der Waals surface area (Å²) in [7, 11) is 0. The van der Waals surface area contributed by atoms with E-state index >= 15 is 0 Å². The molecule has 2 atom stereocenters. The number of fused-ring (bicyclic) bond motifs is 1. The van der Waals surface area contributed by atoms with Crippen LogP contribution in [-0.2, 0) is 28.8 Å². The first kappa shape index (κ1) is 25.0. The van der Waals surface area contributed by atoms with Gasteiger partial charge < -0.3 is 14.6 Å². The second kappa shape index (κ2) is 11.2. The molecule has 3 aromatic rings. The molecular formula is C30H33N3O4. The molecule has 0 unspecified atom stereocenters. The van der Waals surface area contributed by atoms with Crippen LogP contribution in [0.2, 0.25) is 0 Å². The van der Waals surface area contributed by atoms with Crippen molar-refractivity contribution >= 4 is 11.8 Å². The lowest BCUT2D eigenvalue weighted by atomic mass is 9.86. The van der Waals surface area contributed by atoms with Crippen molar-refractivity contribution in [2.75, 3.05) is 13.2 Å². The molecule has 0 saturated heterocycles. The molecule has 0 aromatic heterocycles. The standard InChI is InChI=1S/C30H33N3O4/c1-21-30(20-22-8-3-2-4-9-22,29(35)33-32-26-18-24-10-5-6-11-25(24)19-26)31-28(37-21)23-12-14-27(15-13-23)36-17-7-16-34/h2-6,8-15,21,26,32,34H,7,16-20H2,1H3,(H,33,35)/t21-,30-/m0/s1. The predicted octanol–water partition coefficient (Wildman–Crippen LogP) is 3.38. The number of hydrazine groups is 1. The summed E-state index contributed by atoms with van der Waals surface area (Å²) in [5, 5.41) is 8.95. The Balaban J connectivity index is 1.35. The molecule has 3 N–H and O–H groups in total. The second-order valence-corrected chi connectivity index (χ2v) is 9.69. The van der Waals surface area contributed by atoms with Crippen LogP contribution in [0.5, 0.6) is 5.75 Å². The van der Waals surface area contributed by atoms with E-state index in [1.54, 1.807) is 0 Å². The van der Waals surface area contributed by atoms with E-state index in [-0.39, 0.29) is 18.6 Å². The van der Waals surface area contributed by atoms with Crippen LogP contribution in [-0.4, -0.2) is 47.8 Å². The minimum atomic E-state index is -1.12. The van der Waals surface area contributed by atoms with Gasteiger partial charge >= 0.3 is 0 Å². The minimum Gasteiger partial charge on any atom is -0.494 e. The first-order chi connectivity index (χ1) is 18.1. The Kier molecular flexibility index (Phi) is 7.53. The van der Waals surface area contributed by atoms with Crippen molar-refractivity contribution < 1.29 is 19.4 Å². The number of benzene rings is 3. The highest BCUT2D eigenvalue weighted by atomic mass is 16.5. The van der Waals surface area contributed by atoms with E-state index in [4.69, 9.17) is 19.6 Å². The highest BCUT2D eigenvalue weighted by molar-refractivity contribution is 6.00. The number of rotatable bonds is 10. The number of nitrogens with one attached hydrogen (secondary N) is 2. The zero-order chi connectivity index (χ0) is 25.7. The first-order valence-corrected chi connectivity index (χ1v) is 12.8. The summed E-state index contributed by atoms with van der Waals surface area (Å²) in [6.45, 7) is 2.44. The number of amides is 1. The Morgan fingerprint density at radius 1 is 1.03 bits per heavy atom. The number of aliphatic imine (C=N–C) groups is 1. The quantitative estimate of drug-likeness (QED) is 0.294. The average molecular weight is 500 g/mol. The van der Waals surface area contributed by atoms with Crippen LogP contribution < -0.4 is 15.6 Å². The number of hydrogen-bond acceptors (Lipinski definition) is 6. The van der Waals surface area contributed by atoms with Crippen LogP contribution in [0.4, 0.5) is 0 Å². The number of aliphatic hydroxyl groups is 1. The lowest BCUT2D eigenvalue weighted by molar-refractivity contribution is -0.129. The second-order valence-electron chi connectivity index (χ2n) is 9.69. The largest absolute Gasteiger partial charge is 0.494 e. The van der Waals surface area contributed by atoms with E-state index in [1.807, 2.05) is 61.5 Å². The van der Waals surface area contributed by atoms with Crippen LogP contribution in [0.3, 0.4) is 0 Å². The molecule has 1 heterocycles. The summed E-state index contributed by atoms with van der Waals surface area (Å²) in [6.07, 6.45) is 2.27. The normalized spacial score (nSPS) is 20.7. The zero-order valence-corrected chi connectivity index (χ0v) is 21.0. The van der Waals surface area contributed by atoms with Gasteiger partial charge in [-0.25, -0.2) is 10.4 Å². The summed E-state index contributed by atoms with van der Waals surface area (Å²) in [4.78, 5) is 18.7. The SMILES string of the molecule is C[C@@H]1OC(c2ccc(OCCCO)cc2)=N[C@]1(Cc1ccccc1)C(=O)NNC1Cc2ccccc2C1. The van der Waals surface area contributed by atoms with Gasteiger partial charge in [0.25, 0.3) is 5.91 Å². The maximum Gasteiger partial charge on any atom is 0.266 e. The third-order valence-corrected chi connectivity index (χ3v) is 7.08. The summed E-state index contributed by atoms with van der Waals surface area (Å²) >= 11 is 0. The Morgan fingerprint density at radius 2 is 1.70 bits per heavy atom. The fraction of sp³-hybridized carbons (Fsp3) is 0.333. The van der Waals surface area contributed by atoms with Gasteiger partial charge in [-0.1, -0.05) is 54.6 Å². The topological polar surface area (TPSA) is 92.2 Å². The van der Waals surface area contributed by atoms with Gasteiger partial charge in [0.05, 0.1) is 6.61 Å². The van der Waals surface area contributed by atoms with Crippen molar-refractivity contribution in [2.45, 2.75) is 50.3 Å². The molecule has 7 nitrogen and oxygen atoms in total. The Morgan fingerprint density at radius 3 is 2.38 bits per heavy atom. The van der Waals surface area contributed by atoms with Crippen LogP contribution in [0.25, 0.3) is 0 Å². The van der Waals surface area contributed by atoms with E-state index in [9.17, 15) is 4.79 Å². The van der Waals surface area contributed by atoms with E-state index in [0.717, 1.165) is 24.0 Å². The van der Waals surface area contributed by atoms with Crippen LogP contribution in [0, 0.1) is 0 Å². The summed E-state index contributed by atoms with van der Waals surface area (Å²) < 4.78 is 11.8. The molecule has 1 aliphatic carbocycles. The van der Waals surface area contributed by atoms with E-state index in [0.29, 0.717) is 31.1 Å². The molecule has 1 amide bonds. The monoisotopic (exact) mass is 499 g/mol. The Bertz CT molecular complexity index is 1220. The molecule has 5 rings (SSSR count). The van der Waals surface area contributed by atoms with Crippen molar-refractivity contribution in [3.05, 3.63) is 101 Å². The molecule has 0 radical (unpaired) electrons. The van der Waals surface area contributed by atoms with Gasteiger partial charge in [0, 0.05) is 31.1 Å². The van der Waals surface area contributed by atoms with Crippen LogP contribution in [0.1, 0.15) is 35.6 Å². The lowest BCUT2D eigenvalue weighted by Crippen LogP contribution is -2.57. The molecule has 0 fully saturated rings. The Labute approximate surface area is 217 Å².